The Labute approximate surface area is 89.2 Å². The average molecular weight is 240 g/mol. The zero-order valence-corrected chi connectivity index (χ0v) is 9.74. The van der Waals surface area contributed by atoms with Crippen LogP contribution in [0.15, 0.2) is 0 Å². The Morgan fingerprint density at radius 3 is 2.47 bits per heavy atom. The van der Waals surface area contributed by atoms with Gasteiger partial charge in [0.25, 0.3) is 0 Å². The number of hydrogen-bond acceptors (Lipinski definition) is 5. The third-order valence-electron chi connectivity index (χ3n) is 1.38. The maximum Gasteiger partial charge on any atom is 0.422 e. The number of ether oxygens (including phenoxy) is 1. The van der Waals surface area contributed by atoms with Gasteiger partial charge in [-0.3, -0.25) is 0 Å². The molecule has 0 saturated heterocycles. The fraction of sp³-hybridized carbons (Fsp3) is 0.857. The van der Waals surface area contributed by atoms with E-state index in [2.05, 4.69) is 4.74 Å². The summed E-state index contributed by atoms with van der Waals surface area (Å²) >= 11 is 0. The van der Waals surface area contributed by atoms with E-state index in [1.54, 1.807) is 18.6 Å². The molecule has 0 aliphatic rings. The van der Waals surface area contributed by atoms with Crippen LogP contribution in [0.25, 0.3) is 0 Å². The van der Waals surface area contributed by atoms with Gasteiger partial charge in [0.1, 0.15) is 0 Å². The van der Waals surface area contributed by atoms with Gasteiger partial charge in [0.15, 0.2) is 0 Å². The molecule has 0 aliphatic heterocycles. The fourth-order valence-electron chi connectivity index (χ4n) is 0.682. The second-order valence-electron chi connectivity index (χ2n) is 3.11. The maximum atomic E-state index is 11.3. The minimum absolute atomic E-state index is 0.0930. The van der Waals surface area contributed by atoms with E-state index < -0.39 is 22.4 Å². The number of rotatable bonds is 5. The van der Waals surface area contributed by atoms with Gasteiger partial charge in [0.2, 0.25) is 0 Å². The lowest BCUT2D eigenvalue weighted by Gasteiger charge is -2.16. The zero-order chi connectivity index (χ0) is 12.1. The van der Waals surface area contributed by atoms with E-state index in [4.69, 9.17) is 5.11 Å². The molecule has 0 atom stereocenters. The van der Waals surface area contributed by atoms with Gasteiger partial charge in [0, 0.05) is 13.6 Å². The molecule has 0 aromatic carbocycles. The van der Waals surface area contributed by atoms with Crippen LogP contribution < -0.4 is 4.72 Å². The van der Waals surface area contributed by atoms with Crippen molar-refractivity contribution in [2.24, 2.45) is 0 Å². The minimum atomic E-state index is -3.92. The van der Waals surface area contributed by atoms with Crippen LogP contribution in [0.3, 0.4) is 0 Å². The summed E-state index contributed by atoms with van der Waals surface area (Å²) in [5, 5.41) is 8.53. The van der Waals surface area contributed by atoms with E-state index >= 15 is 0 Å². The van der Waals surface area contributed by atoms with Gasteiger partial charge < -0.3 is 9.84 Å². The van der Waals surface area contributed by atoms with Crippen LogP contribution in [0.5, 0.6) is 0 Å². The molecule has 2 N–H and O–H groups in total. The highest BCUT2D eigenvalue weighted by molar-refractivity contribution is 7.87. The number of aliphatic hydroxyl groups excluding tert-OH is 1. The number of nitrogens with zero attached hydrogens (tertiary/aromatic N) is 1. The molecule has 0 rings (SSSR count). The van der Waals surface area contributed by atoms with Crippen LogP contribution in [0, 0.1) is 0 Å². The highest BCUT2D eigenvalue weighted by atomic mass is 32.2. The number of carbonyl (C=O) groups is 1. The molecule has 0 bridgehead atoms. The molecule has 0 spiro atoms. The van der Waals surface area contributed by atoms with E-state index in [0.717, 1.165) is 4.31 Å². The maximum absolute atomic E-state index is 11.3. The summed E-state index contributed by atoms with van der Waals surface area (Å²) in [7, 11) is -2.68. The number of carbonyl (C=O) groups excluding carboxylic acids is 1. The predicted octanol–water partition coefficient (Wildman–Crippen LogP) is -0.710. The smallest absolute Gasteiger partial charge is 0.422 e. The highest BCUT2D eigenvalue weighted by Crippen LogP contribution is 1.95. The van der Waals surface area contributed by atoms with Crippen LogP contribution in [0.2, 0.25) is 0 Å². The van der Waals surface area contributed by atoms with Crippen molar-refractivity contribution in [3.05, 3.63) is 0 Å². The first kappa shape index (κ1) is 14.1. The number of aliphatic hydroxyl groups is 1. The van der Waals surface area contributed by atoms with E-state index in [1.807, 2.05) is 0 Å². The monoisotopic (exact) mass is 240 g/mol. The largest absolute Gasteiger partial charge is 0.446 e. The molecule has 0 aliphatic carbocycles. The van der Waals surface area contributed by atoms with Crippen molar-refractivity contribution < 1.29 is 23.1 Å². The molecule has 0 fully saturated rings. The number of amides is 1. The first-order valence-electron chi connectivity index (χ1n) is 4.35. The molecule has 7 nitrogen and oxygen atoms in total. The van der Waals surface area contributed by atoms with E-state index in [-0.39, 0.29) is 13.2 Å². The first-order chi connectivity index (χ1) is 6.79. The van der Waals surface area contributed by atoms with Crippen molar-refractivity contribution in [3.63, 3.8) is 0 Å². The second-order valence-corrected chi connectivity index (χ2v) is 4.88. The number of nitrogens with one attached hydrogen (secondary N) is 1. The number of hydrogen-bond donors (Lipinski definition) is 2. The van der Waals surface area contributed by atoms with Crippen molar-refractivity contribution >= 4 is 16.3 Å². The van der Waals surface area contributed by atoms with Gasteiger partial charge in [-0.1, -0.05) is 0 Å². The topological polar surface area (TPSA) is 95.9 Å². The second kappa shape index (κ2) is 5.89. The fourth-order valence-corrected chi connectivity index (χ4v) is 1.42. The lowest BCUT2D eigenvalue weighted by Crippen LogP contribution is -2.43. The molecule has 15 heavy (non-hydrogen) atoms. The van der Waals surface area contributed by atoms with Crippen LogP contribution >= 0.6 is 0 Å². The summed E-state index contributed by atoms with van der Waals surface area (Å²) in [5.74, 6) is 0. The lowest BCUT2D eigenvalue weighted by molar-refractivity contribution is 0.121. The van der Waals surface area contributed by atoms with Crippen LogP contribution in [0.4, 0.5) is 4.79 Å². The molecule has 0 unspecified atom stereocenters. The quantitative estimate of drug-likeness (QED) is 0.661. The third-order valence-corrected chi connectivity index (χ3v) is 2.81. The van der Waals surface area contributed by atoms with E-state index in [1.165, 1.54) is 7.05 Å². The first-order valence-corrected chi connectivity index (χ1v) is 5.79. The van der Waals surface area contributed by atoms with Gasteiger partial charge in [0.05, 0.1) is 12.7 Å². The van der Waals surface area contributed by atoms with Gasteiger partial charge in [-0.05, 0) is 13.8 Å². The van der Waals surface area contributed by atoms with Crippen molar-refractivity contribution in [3.8, 4) is 0 Å². The Bertz CT molecular complexity index is 301. The Balaban J connectivity index is 4.32. The van der Waals surface area contributed by atoms with Crippen molar-refractivity contribution in [1.82, 2.24) is 9.03 Å². The number of likely N-dealkylation sites (N-methyl/N-ethyl adjacent to an activating group) is 1. The molecule has 8 heteroatoms. The summed E-state index contributed by atoms with van der Waals surface area (Å²) in [6.07, 6.45) is -1.43. The van der Waals surface area contributed by atoms with E-state index in [9.17, 15) is 13.2 Å². The highest BCUT2D eigenvalue weighted by Gasteiger charge is 2.21. The lowest BCUT2D eigenvalue weighted by atomic mass is 10.5. The summed E-state index contributed by atoms with van der Waals surface area (Å²) in [5.41, 5.74) is 0. The molecular weight excluding hydrogens is 224 g/mol. The van der Waals surface area contributed by atoms with Gasteiger partial charge in [-0.2, -0.15) is 12.7 Å². The molecule has 0 saturated carbocycles. The van der Waals surface area contributed by atoms with Crippen molar-refractivity contribution in [2.45, 2.75) is 20.0 Å². The van der Waals surface area contributed by atoms with Crippen LogP contribution in [0.1, 0.15) is 13.8 Å². The molecular formula is C7H16N2O5S. The zero-order valence-electron chi connectivity index (χ0n) is 8.93. The summed E-state index contributed by atoms with van der Waals surface area (Å²) in [6, 6.07) is 0. The Morgan fingerprint density at radius 2 is 2.07 bits per heavy atom. The Kier molecular flexibility index (Phi) is 5.55. The van der Waals surface area contributed by atoms with E-state index in [0.29, 0.717) is 0 Å². The van der Waals surface area contributed by atoms with Gasteiger partial charge in [-0.25, -0.2) is 9.52 Å². The normalized spacial score (nSPS) is 11.9. The molecule has 0 aromatic heterocycles. The third kappa shape index (κ3) is 5.55. The summed E-state index contributed by atoms with van der Waals surface area (Å²) < 4.78 is 29.7. The SMILES string of the molecule is CC(C)OC(=O)NS(=O)(=O)N(C)CCO. The molecule has 0 radical (unpaired) electrons. The standard InChI is InChI=1S/C7H16N2O5S/c1-6(2)14-7(11)8-15(12,13)9(3)4-5-10/h6,10H,4-5H2,1-3H3,(H,8,11). The summed E-state index contributed by atoms with van der Waals surface area (Å²) in [6.45, 7) is 2.79. The van der Waals surface area contributed by atoms with Crippen molar-refractivity contribution in [1.29, 1.82) is 0 Å². The van der Waals surface area contributed by atoms with Crippen molar-refractivity contribution in [2.75, 3.05) is 20.2 Å². The predicted molar refractivity (Wildman–Crippen MR) is 53.4 cm³/mol. The van der Waals surface area contributed by atoms with Crippen LogP contribution in [-0.2, 0) is 14.9 Å². The van der Waals surface area contributed by atoms with Gasteiger partial charge in [-0.15, -0.1) is 0 Å². The van der Waals surface area contributed by atoms with Crippen LogP contribution in [-0.4, -0.2) is 50.2 Å². The summed E-state index contributed by atoms with van der Waals surface area (Å²) in [4.78, 5) is 11.0. The molecule has 0 aromatic rings. The molecule has 0 heterocycles. The minimum Gasteiger partial charge on any atom is -0.446 e. The Hall–Kier alpha value is -0.860. The molecule has 1 amide bonds. The Morgan fingerprint density at radius 1 is 1.53 bits per heavy atom. The molecule has 90 valence electrons. The average Bonchev–Trinajstić information content (AvgIpc) is 2.01. The van der Waals surface area contributed by atoms with Gasteiger partial charge >= 0.3 is 16.3 Å².